The van der Waals surface area contributed by atoms with Crippen LogP contribution in [0.3, 0.4) is 0 Å². The van der Waals surface area contributed by atoms with E-state index in [4.69, 9.17) is 4.74 Å². The summed E-state index contributed by atoms with van der Waals surface area (Å²) in [4.78, 5) is 6.93. The number of aryl methyl sites for hydroxylation is 1. The first-order valence-electron chi connectivity index (χ1n) is 10.0. The summed E-state index contributed by atoms with van der Waals surface area (Å²) in [6.07, 6.45) is 3.53. The third-order valence-corrected chi connectivity index (χ3v) is 4.82. The Bertz CT molecular complexity index is 579. The molecule has 2 rings (SSSR count). The Balaban J connectivity index is 0.00000364. The SMILES string of the molecule is CCCOc1cc(C)ccc1CNC(=NC)NCC1CCN(CCC)C1.I. The molecule has 0 aliphatic carbocycles. The molecule has 0 saturated carbocycles. The molecule has 27 heavy (non-hydrogen) atoms. The third kappa shape index (κ3) is 8.25. The van der Waals surface area contributed by atoms with Crippen molar-refractivity contribution < 1.29 is 4.74 Å². The van der Waals surface area contributed by atoms with Gasteiger partial charge in [-0.1, -0.05) is 26.0 Å². The van der Waals surface area contributed by atoms with Crippen LogP contribution in [0.5, 0.6) is 5.75 Å². The van der Waals surface area contributed by atoms with Gasteiger partial charge >= 0.3 is 0 Å². The molecule has 1 heterocycles. The van der Waals surface area contributed by atoms with Gasteiger partial charge in [0.1, 0.15) is 5.75 Å². The lowest BCUT2D eigenvalue weighted by Crippen LogP contribution is -2.40. The van der Waals surface area contributed by atoms with Crippen molar-refractivity contribution in [1.29, 1.82) is 0 Å². The van der Waals surface area contributed by atoms with Crippen LogP contribution >= 0.6 is 24.0 Å². The van der Waals surface area contributed by atoms with Crippen molar-refractivity contribution in [1.82, 2.24) is 15.5 Å². The van der Waals surface area contributed by atoms with Crippen LogP contribution in [0.1, 0.15) is 44.2 Å². The predicted molar refractivity (Wildman–Crippen MR) is 125 cm³/mol. The fourth-order valence-electron chi connectivity index (χ4n) is 3.39. The number of ether oxygens (including phenoxy) is 1. The van der Waals surface area contributed by atoms with Gasteiger partial charge in [-0.05, 0) is 56.8 Å². The summed E-state index contributed by atoms with van der Waals surface area (Å²) in [7, 11) is 1.83. The van der Waals surface area contributed by atoms with E-state index in [9.17, 15) is 0 Å². The summed E-state index contributed by atoms with van der Waals surface area (Å²) in [6.45, 7) is 12.6. The summed E-state index contributed by atoms with van der Waals surface area (Å²) in [5, 5.41) is 6.92. The van der Waals surface area contributed by atoms with Gasteiger partial charge in [-0.2, -0.15) is 0 Å². The molecular weight excluding hydrogens is 451 g/mol. The van der Waals surface area contributed by atoms with Crippen molar-refractivity contribution in [2.24, 2.45) is 10.9 Å². The lowest BCUT2D eigenvalue weighted by atomic mass is 10.1. The molecule has 0 radical (unpaired) electrons. The second-order valence-corrected chi connectivity index (χ2v) is 7.22. The van der Waals surface area contributed by atoms with Gasteiger partial charge in [-0.3, -0.25) is 4.99 Å². The fourth-order valence-corrected chi connectivity index (χ4v) is 3.39. The van der Waals surface area contributed by atoms with Crippen LogP contribution in [0.4, 0.5) is 0 Å². The van der Waals surface area contributed by atoms with E-state index in [2.05, 4.69) is 59.5 Å². The van der Waals surface area contributed by atoms with E-state index in [0.29, 0.717) is 12.5 Å². The normalized spacial score (nSPS) is 17.5. The minimum absolute atomic E-state index is 0. The highest BCUT2D eigenvalue weighted by Crippen LogP contribution is 2.20. The van der Waals surface area contributed by atoms with Crippen LogP contribution in [0, 0.1) is 12.8 Å². The summed E-state index contributed by atoms with van der Waals surface area (Å²) in [5.41, 5.74) is 2.39. The molecule has 2 N–H and O–H groups in total. The molecule has 1 saturated heterocycles. The number of hydrogen-bond donors (Lipinski definition) is 2. The third-order valence-electron chi connectivity index (χ3n) is 4.82. The zero-order valence-corrected chi connectivity index (χ0v) is 19.7. The van der Waals surface area contributed by atoms with Crippen LogP contribution in [0.15, 0.2) is 23.2 Å². The van der Waals surface area contributed by atoms with Crippen molar-refractivity contribution in [2.75, 3.05) is 39.8 Å². The summed E-state index contributed by atoms with van der Waals surface area (Å²) in [6, 6.07) is 6.39. The van der Waals surface area contributed by atoms with Gasteiger partial charge in [0.2, 0.25) is 0 Å². The molecule has 1 fully saturated rings. The van der Waals surface area contributed by atoms with Crippen LogP contribution in [0.25, 0.3) is 0 Å². The van der Waals surface area contributed by atoms with E-state index in [0.717, 1.165) is 31.3 Å². The average molecular weight is 488 g/mol. The Morgan fingerprint density at radius 3 is 2.78 bits per heavy atom. The zero-order chi connectivity index (χ0) is 18.8. The highest BCUT2D eigenvalue weighted by atomic mass is 127. The molecule has 1 aromatic rings. The number of nitrogens with one attached hydrogen (secondary N) is 2. The minimum Gasteiger partial charge on any atom is -0.493 e. The number of likely N-dealkylation sites (tertiary alicyclic amines) is 1. The quantitative estimate of drug-likeness (QED) is 0.316. The number of hydrogen-bond acceptors (Lipinski definition) is 3. The maximum Gasteiger partial charge on any atom is 0.191 e. The molecule has 1 aromatic carbocycles. The molecule has 1 aliphatic heterocycles. The minimum atomic E-state index is 0. The molecule has 0 amide bonds. The molecule has 154 valence electrons. The molecule has 1 aliphatic rings. The molecule has 0 bridgehead atoms. The van der Waals surface area contributed by atoms with Crippen LogP contribution in [-0.2, 0) is 6.54 Å². The first kappa shape index (κ1) is 24.0. The lowest BCUT2D eigenvalue weighted by Gasteiger charge is -2.18. The van der Waals surface area contributed by atoms with Crippen molar-refractivity contribution in [3.63, 3.8) is 0 Å². The monoisotopic (exact) mass is 488 g/mol. The zero-order valence-electron chi connectivity index (χ0n) is 17.4. The van der Waals surface area contributed by atoms with E-state index in [1.165, 1.54) is 43.6 Å². The smallest absolute Gasteiger partial charge is 0.191 e. The second kappa shape index (κ2) is 13.2. The largest absolute Gasteiger partial charge is 0.493 e. The van der Waals surface area contributed by atoms with E-state index in [1.807, 2.05) is 7.05 Å². The number of guanidine groups is 1. The van der Waals surface area contributed by atoms with Crippen molar-refractivity contribution >= 4 is 29.9 Å². The molecule has 5 nitrogen and oxygen atoms in total. The Labute approximate surface area is 182 Å². The van der Waals surface area contributed by atoms with Gasteiger partial charge in [0, 0.05) is 32.2 Å². The summed E-state index contributed by atoms with van der Waals surface area (Å²) < 4.78 is 5.90. The lowest BCUT2D eigenvalue weighted by molar-refractivity contribution is 0.313. The fraction of sp³-hybridized carbons (Fsp3) is 0.667. The molecule has 0 aromatic heterocycles. The van der Waals surface area contributed by atoms with Crippen LogP contribution in [-0.4, -0.2) is 50.7 Å². The summed E-state index contributed by atoms with van der Waals surface area (Å²) in [5.74, 6) is 2.55. The first-order chi connectivity index (χ1) is 12.7. The van der Waals surface area contributed by atoms with E-state index < -0.39 is 0 Å². The topological polar surface area (TPSA) is 48.9 Å². The molecule has 1 unspecified atom stereocenters. The van der Waals surface area contributed by atoms with Crippen LogP contribution in [0.2, 0.25) is 0 Å². The molecule has 0 spiro atoms. The van der Waals surface area contributed by atoms with Crippen molar-refractivity contribution in [2.45, 2.75) is 46.6 Å². The number of benzene rings is 1. The second-order valence-electron chi connectivity index (χ2n) is 7.22. The van der Waals surface area contributed by atoms with Gasteiger partial charge in [-0.25, -0.2) is 0 Å². The summed E-state index contributed by atoms with van der Waals surface area (Å²) >= 11 is 0. The first-order valence-corrected chi connectivity index (χ1v) is 10.0. The Morgan fingerprint density at radius 1 is 1.26 bits per heavy atom. The highest BCUT2D eigenvalue weighted by molar-refractivity contribution is 14.0. The number of aliphatic imine (C=N–C) groups is 1. The van der Waals surface area contributed by atoms with Gasteiger partial charge in [0.05, 0.1) is 6.61 Å². The number of rotatable bonds is 9. The van der Waals surface area contributed by atoms with Crippen molar-refractivity contribution in [3.8, 4) is 5.75 Å². The van der Waals surface area contributed by atoms with Gasteiger partial charge in [0.25, 0.3) is 0 Å². The molecule has 6 heteroatoms. The number of halogens is 1. The number of nitrogens with zero attached hydrogens (tertiary/aromatic N) is 2. The molecule has 1 atom stereocenters. The standard InChI is InChI=1S/C21H36N4O.HI/c1-5-10-25-11-9-18(16-25)14-23-21(22-4)24-15-19-8-7-17(3)13-20(19)26-12-6-2;/h7-8,13,18H,5-6,9-12,14-16H2,1-4H3,(H2,22,23,24);1H. The van der Waals surface area contributed by atoms with E-state index in [1.54, 1.807) is 0 Å². The average Bonchev–Trinajstić information content (AvgIpc) is 3.09. The van der Waals surface area contributed by atoms with Gasteiger partial charge in [-0.15, -0.1) is 24.0 Å². The van der Waals surface area contributed by atoms with E-state index >= 15 is 0 Å². The van der Waals surface area contributed by atoms with E-state index in [-0.39, 0.29) is 24.0 Å². The van der Waals surface area contributed by atoms with Gasteiger partial charge < -0.3 is 20.3 Å². The Morgan fingerprint density at radius 2 is 2.07 bits per heavy atom. The van der Waals surface area contributed by atoms with Crippen LogP contribution < -0.4 is 15.4 Å². The predicted octanol–water partition coefficient (Wildman–Crippen LogP) is 3.80. The maximum absolute atomic E-state index is 5.90. The highest BCUT2D eigenvalue weighted by Gasteiger charge is 2.21. The Kier molecular flexibility index (Phi) is 11.7. The van der Waals surface area contributed by atoms with Crippen molar-refractivity contribution in [3.05, 3.63) is 29.3 Å². The van der Waals surface area contributed by atoms with Gasteiger partial charge in [0.15, 0.2) is 5.96 Å². The Hall–Kier alpha value is -1.02. The molecular formula is C21H37IN4O. The maximum atomic E-state index is 5.90.